The van der Waals surface area contributed by atoms with Crippen LogP contribution in [-0.2, 0) is 0 Å². The number of rotatable bonds is 3. The van der Waals surface area contributed by atoms with Gasteiger partial charge in [-0.3, -0.25) is 0 Å². The second kappa shape index (κ2) is 7.26. The van der Waals surface area contributed by atoms with Gasteiger partial charge >= 0.3 is 43.8 Å². The zero-order valence-electron chi connectivity index (χ0n) is 9.56. The van der Waals surface area contributed by atoms with Gasteiger partial charge in [0.25, 0.3) is 0 Å². The predicted molar refractivity (Wildman–Crippen MR) is 78.7 cm³/mol. The molecule has 0 aliphatic heterocycles. The van der Waals surface area contributed by atoms with Crippen molar-refractivity contribution >= 4 is 54.7 Å². The molecular weight excluding hydrogens is 253 g/mol. The first-order valence-electron chi connectivity index (χ1n) is 5.50. The molecule has 0 saturated heterocycles. The van der Waals surface area contributed by atoms with Gasteiger partial charge in [0.2, 0.25) is 0 Å². The Balaban J connectivity index is 0.00000180. The first-order valence-corrected chi connectivity index (χ1v) is 5.50. The fourth-order valence-corrected chi connectivity index (χ4v) is 1.70. The molecule has 0 atom stereocenters. The summed E-state index contributed by atoms with van der Waals surface area (Å²) in [5.41, 5.74) is 2.69. The van der Waals surface area contributed by atoms with Gasteiger partial charge in [-0.05, 0) is 22.1 Å². The first-order chi connectivity index (χ1) is 8.58. The Morgan fingerprint density at radius 1 is 0.526 bits per heavy atom. The van der Waals surface area contributed by atoms with Crippen molar-refractivity contribution in [2.45, 2.75) is 0 Å². The van der Waals surface area contributed by atoms with Crippen LogP contribution in [0.3, 0.4) is 0 Å². The van der Waals surface area contributed by atoms with Crippen molar-refractivity contribution in [3.05, 3.63) is 48.5 Å². The molecule has 0 saturated carbocycles. The van der Waals surface area contributed by atoms with Gasteiger partial charge in [-0.25, -0.2) is 0 Å². The summed E-state index contributed by atoms with van der Waals surface area (Å²) in [6, 6.07) is 13.6. The Morgan fingerprint density at radius 2 is 0.789 bits per heavy atom. The average Bonchev–Trinajstić information content (AvgIpc) is 2.39. The fraction of sp³-hybridized carbons (Fsp3) is 0. The van der Waals surface area contributed by atoms with Crippen LogP contribution in [0.25, 0.3) is 11.1 Å². The third-order valence-corrected chi connectivity index (χ3v) is 2.75. The average molecular weight is 266 g/mol. The van der Waals surface area contributed by atoms with Crippen LogP contribution in [0.5, 0.6) is 0 Å². The molecule has 2 rings (SSSR count). The Hall–Kier alpha value is -0.590. The molecule has 2 aromatic carbocycles. The van der Waals surface area contributed by atoms with E-state index in [1.165, 1.54) is 0 Å². The van der Waals surface area contributed by atoms with E-state index in [2.05, 4.69) is 0 Å². The van der Waals surface area contributed by atoms with E-state index in [9.17, 15) is 0 Å². The van der Waals surface area contributed by atoms with E-state index in [0.29, 0.717) is 10.9 Å². The maximum absolute atomic E-state index is 8.98. The van der Waals surface area contributed by atoms with Crippen LogP contribution in [0, 0.1) is 0 Å². The van der Waals surface area contributed by atoms with Crippen molar-refractivity contribution in [2.24, 2.45) is 0 Å². The van der Waals surface area contributed by atoms with Crippen molar-refractivity contribution in [2.75, 3.05) is 0 Å². The predicted octanol–water partition coefficient (Wildman–Crippen LogP) is -1.94. The maximum atomic E-state index is 8.98. The molecule has 4 nitrogen and oxygen atoms in total. The van der Waals surface area contributed by atoms with Gasteiger partial charge in [-0.1, -0.05) is 48.5 Å². The quantitative estimate of drug-likeness (QED) is 0.487. The van der Waals surface area contributed by atoms with E-state index in [-0.39, 0.29) is 29.6 Å². The normalized spacial score (nSPS) is 9.68. The third kappa shape index (κ3) is 4.19. The summed E-state index contributed by atoms with van der Waals surface area (Å²) >= 11 is 0. The molecule has 2 aromatic rings. The topological polar surface area (TPSA) is 80.9 Å². The first kappa shape index (κ1) is 16.5. The van der Waals surface area contributed by atoms with Gasteiger partial charge in [0.1, 0.15) is 0 Å². The molecule has 0 aliphatic carbocycles. The summed E-state index contributed by atoms with van der Waals surface area (Å²) in [5.74, 6) is 0. The Kier molecular flexibility index (Phi) is 6.29. The Labute approximate surface area is 134 Å². The zero-order chi connectivity index (χ0) is 13.1. The molecule has 0 aliphatic rings. The molecule has 4 N–H and O–H groups in total. The van der Waals surface area contributed by atoms with Crippen molar-refractivity contribution in [1.82, 2.24) is 0 Å². The number of benzene rings is 2. The standard InChI is InChI=1S/C12H12B2O4.Na.H/c15-13(16)11-5-1-9(2-6-11)10-3-7-12(8-4-10)14(17)18;;/h1-8,15-18H;;. The monoisotopic (exact) mass is 266 g/mol. The van der Waals surface area contributed by atoms with Crippen molar-refractivity contribution < 1.29 is 20.1 Å². The van der Waals surface area contributed by atoms with Crippen LogP contribution < -0.4 is 10.9 Å². The van der Waals surface area contributed by atoms with E-state index in [4.69, 9.17) is 20.1 Å². The van der Waals surface area contributed by atoms with Crippen molar-refractivity contribution in [3.8, 4) is 11.1 Å². The van der Waals surface area contributed by atoms with Gasteiger partial charge in [0.05, 0.1) is 0 Å². The second-order valence-corrected chi connectivity index (χ2v) is 3.99. The van der Waals surface area contributed by atoms with Crippen LogP contribution in [0.1, 0.15) is 0 Å². The molecule has 19 heavy (non-hydrogen) atoms. The van der Waals surface area contributed by atoms with Crippen LogP contribution in [0.2, 0.25) is 0 Å². The minimum absolute atomic E-state index is 0. The molecule has 0 amide bonds. The van der Waals surface area contributed by atoms with Gasteiger partial charge in [-0.15, -0.1) is 0 Å². The summed E-state index contributed by atoms with van der Waals surface area (Å²) in [4.78, 5) is 0. The molecule has 0 aromatic heterocycles. The van der Waals surface area contributed by atoms with Crippen LogP contribution in [0.15, 0.2) is 48.5 Å². The molecule has 0 heterocycles. The Morgan fingerprint density at radius 3 is 1.00 bits per heavy atom. The van der Waals surface area contributed by atoms with E-state index in [1.54, 1.807) is 48.5 Å². The Bertz CT molecular complexity index is 465. The molecule has 0 spiro atoms. The van der Waals surface area contributed by atoms with E-state index < -0.39 is 14.2 Å². The molecule has 0 unspecified atom stereocenters. The van der Waals surface area contributed by atoms with Crippen LogP contribution >= 0.6 is 0 Å². The summed E-state index contributed by atoms with van der Waals surface area (Å²) < 4.78 is 0. The molecule has 0 bridgehead atoms. The molecule has 0 radical (unpaired) electrons. The molecular formula is C12H13B2NaO4. The SMILES string of the molecule is OB(O)c1ccc(-c2ccc(B(O)O)cc2)cc1.[NaH]. The molecule has 0 fully saturated rings. The molecule has 7 heteroatoms. The van der Waals surface area contributed by atoms with Crippen molar-refractivity contribution in [1.29, 1.82) is 0 Å². The summed E-state index contributed by atoms with van der Waals surface area (Å²) in [7, 11) is -2.93. The summed E-state index contributed by atoms with van der Waals surface area (Å²) in [5, 5.41) is 35.9. The summed E-state index contributed by atoms with van der Waals surface area (Å²) in [6.45, 7) is 0. The third-order valence-electron chi connectivity index (χ3n) is 2.75. The van der Waals surface area contributed by atoms with Crippen molar-refractivity contribution in [3.63, 3.8) is 0 Å². The van der Waals surface area contributed by atoms with Gasteiger partial charge in [-0.2, -0.15) is 0 Å². The van der Waals surface area contributed by atoms with E-state index in [1.807, 2.05) is 0 Å². The van der Waals surface area contributed by atoms with Gasteiger partial charge in [0.15, 0.2) is 0 Å². The summed E-state index contributed by atoms with van der Waals surface area (Å²) in [6.07, 6.45) is 0. The van der Waals surface area contributed by atoms with Gasteiger partial charge in [0, 0.05) is 0 Å². The van der Waals surface area contributed by atoms with Crippen LogP contribution in [0.4, 0.5) is 0 Å². The zero-order valence-corrected chi connectivity index (χ0v) is 9.56. The van der Waals surface area contributed by atoms with E-state index in [0.717, 1.165) is 11.1 Å². The van der Waals surface area contributed by atoms with Crippen LogP contribution in [-0.4, -0.2) is 63.9 Å². The number of hydrogen-bond acceptors (Lipinski definition) is 4. The molecule has 92 valence electrons. The van der Waals surface area contributed by atoms with Gasteiger partial charge < -0.3 is 20.1 Å². The fourth-order valence-electron chi connectivity index (χ4n) is 1.70. The van der Waals surface area contributed by atoms with E-state index >= 15 is 0 Å². The number of hydrogen-bond donors (Lipinski definition) is 4. The second-order valence-electron chi connectivity index (χ2n) is 3.99. The minimum atomic E-state index is -1.47.